The minimum Gasteiger partial charge on any atom is -0.456 e. The third kappa shape index (κ3) is 2.88. The van der Waals surface area contributed by atoms with E-state index in [0.29, 0.717) is 22.4 Å². The largest absolute Gasteiger partial charge is 0.456 e. The van der Waals surface area contributed by atoms with Crippen LogP contribution in [-0.2, 0) is 5.33 Å². The first kappa shape index (κ1) is 12.6. The van der Waals surface area contributed by atoms with E-state index in [9.17, 15) is 4.39 Å². The molecule has 0 bridgehead atoms. The smallest absolute Gasteiger partial charge is 0.145 e. The zero-order valence-corrected chi connectivity index (χ0v) is 10.9. The van der Waals surface area contributed by atoms with Gasteiger partial charge in [0.05, 0.1) is 5.56 Å². The summed E-state index contributed by atoms with van der Waals surface area (Å²) in [5.41, 5.74) is 1.45. The third-order valence-corrected chi connectivity index (χ3v) is 3.01. The maximum Gasteiger partial charge on any atom is 0.145 e. The van der Waals surface area contributed by atoms with Crippen molar-refractivity contribution in [3.05, 3.63) is 59.4 Å². The Labute approximate surface area is 113 Å². The molecular weight excluding hydrogens is 297 g/mol. The molecule has 0 unspecified atom stereocenters. The first-order chi connectivity index (χ1) is 8.72. The predicted octanol–water partition coefficient (Wildman–Crippen LogP) is 4.38. The lowest BCUT2D eigenvalue weighted by atomic mass is 10.1. The summed E-state index contributed by atoms with van der Waals surface area (Å²) in [4.78, 5) is 0. The molecule has 0 amide bonds. The van der Waals surface area contributed by atoms with Crippen molar-refractivity contribution in [3.8, 4) is 17.6 Å². The molecule has 0 aliphatic carbocycles. The fourth-order valence-corrected chi connectivity index (χ4v) is 1.82. The minimum atomic E-state index is -0.322. The Hall–Kier alpha value is -1.86. The van der Waals surface area contributed by atoms with E-state index < -0.39 is 0 Å². The number of hydrogen-bond acceptors (Lipinski definition) is 2. The highest BCUT2D eigenvalue weighted by molar-refractivity contribution is 9.08. The van der Waals surface area contributed by atoms with Gasteiger partial charge in [-0.2, -0.15) is 5.26 Å². The summed E-state index contributed by atoms with van der Waals surface area (Å²) < 4.78 is 18.3. The summed E-state index contributed by atoms with van der Waals surface area (Å²) in [6, 6.07) is 13.1. The van der Waals surface area contributed by atoms with Crippen LogP contribution >= 0.6 is 15.9 Å². The highest BCUT2D eigenvalue weighted by Gasteiger charge is 2.06. The maximum absolute atomic E-state index is 12.8. The van der Waals surface area contributed by atoms with Crippen LogP contribution in [0.2, 0.25) is 0 Å². The van der Waals surface area contributed by atoms with E-state index >= 15 is 0 Å². The first-order valence-corrected chi connectivity index (χ1v) is 6.37. The molecule has 4 heteroatoms. The Bertz CT molecular complexity index is 590. The zero-order chi connectivity index (χ0) is 13.0. The Morgan fingerprint density at radius 2 is 1.89 bits per heavy atom. The molecular formula is C14H9BrFNO. The molecule has 0 aromatic heterocycles. The molecule has 0 aliphatic rings. The molecule has 2 aromatic rings. The normalized spacial score (nSPS) is 9.83. The van der Waals surface area contributed by atoms with Crippen molar-refractivity contribution >= 4 is 15.9 Å². The van der Waals surface area contributed by atoms with Gasteiger partial charge in [0.15, 0.2) is 0 Å². The lowest BCUT2D eigenvalue weighted by molar-refractivity contribution is 0.479. The van der Waals surface area contributed by atoms with Crippen molar-refractivity contribution in [2.45, 2.75) is 5.33 Å². The van der Waals surface area contributed by atoms with Crippen molar-refractivity contribution in [3.63, 3.8) is 0 Å². The summed E-state index contributed by atoms with van der Waals surface area (Å²) in [6.07, 6.45) is 0. The van der Waals surface area contributed by atoms with E-state index in [1.165, 1.54) is 24.3 Å². The van der Waals surface area contributed by atoms with E-state index in [2.05, 4.69) is 22.0 Å². The SMILES string of the molecule is N#Cc1cc(CBr)ccc1Oc1ccc(F)cc1. The molecule has 0 N–H and O–H groups in total. The van der Waals surface area contributed by atoms with Gasteiger partial charge in [-0.1, -0.05) is 22.0 Å². The highest BCUT2D eigenvalue weighted by atomic mass is 79.9. The van der Waals surface area contributed by atoms with Crippen molar-refractivity contribution in [1.82, 2.24) is 0 Å². The summed E-state index contributed by atoms with van der Waals surface area (Å²) in [7, 11) is 0. The molecule has 2 aromatic carbocycles. The standard InChI is InChI=1S/C14H9BrFNO/c15-8-10-1-6-14(11(7-10)9-17)18-13-4-2-12(16)3-5-13/h1-7H,8H2. The lowest BCUT2D eigenvalue weighted by Gasteiger charge is -2.08. The lowest BCUT2D eigenvalue weighted by Crippen LogP contribution is -1.90. The topological polar surface area (TPSA) is 33.0 Å². The van der Waals surface area contributed by atoms with Crippen molar-refractivity contribution in [1.29, 1.82) is 5.26 Å². The minimum absolute atomic E-state index is 0.322. The fraction of sp³-hybridized carbons (Fsp3) is 0.0714. The molecule has 2 rings (SSSR count). The van der Waals surface area contributed by atoms with Gasteiger partial charge in [-0.3, -0.25) is 0 Å². The van der Waals surface area contributed by atoms with Crippen LogP contribution in [0.3, 0.4) is 0 Å². The number of hydrogen-bond donors (Lipinski definition) is 0. The van der Waals surface area contributed by atoms with E-state index in [1.54, 1.807) is 12.1 Å². The Balaban J connectivity index is 2.29. The molecule has 2 nitrogen and oxygen atoms in total. The van der Waals surface area contributed by atoms with Gasteiger partial charge in [-0.15, -0.1) is 0 Å². The second-order valence-corrected chi connectivity index (χ2v) is 4.19. The molecule has 18 heavy (non-hydrogen) atoms. The molecule has 0 spiro atoms. The number of alkyl halides is 1. The summed E-state index contributed by atoms with van der Waals surface area (Å²) in [5.74, 6) is 0.644. The molecule has 0 heterocycles. The molecule has 0 fully saturated rings. The number of halogens is 2. The zero-order valence-electron chi connectivity index (χ0n) is 9.36. The Kier molecular flexibility index (Phi) is 3.96. The third-order valence-electron chi connectivity index (χ3n) is 2.36. The number of nitrogens with zero attached hydrogens (tertiary/aromatic N) is 1. The van der Waals surface area contributed by atoms with E-state index in [-0.39, 0.29) is 5.82 Å². The number of nitriles is 1. The van der Waals surface area contributed by atoms with Crippen LogP contribution in [0.25, 0.3) is 0 Å². The van der Waals surface area contributed by atoms with E-state index in [4.69, 9.17) is 10.00 Å². The number of benzene rings is 2. The van der Waals surface area contributed by atoms with Gasteiger partial charge >= 0.3 is 0 Å². The van der Waals surface area contributed by atoms with Gasteiger partial charge in [-0.05, 0) is 42.0 Å². The van der Waals surface area contributed by atoms with Gasteiger partial charge in [-0.25, -0.2) is 4.39 Å². The average molecular weight is 306 g/mol. The molecule has 0 saturated heterocycles. The van der Waals surface area contributed by atoms with Crippen LogP contribution < -0.4 is 4.74 Å². The van der Waals surface area contributed by atoms with Crippen molar-refractivity contribution in [2.75, 3.05) is 0 Å². The molecule has 0 saturated carbocycles. The monoisotopic (exact) mass is 305 g/mol. The van der Waals surface area contributed by atoms with Crippen molar-refractivity contribution in [2.24, 2.45) is 0 Å². The van der Waals surface area contributed by atoms with Gasteiger partial charge in [0, 0.05) is 5.33 Å². The number of ether oxygens (including phenoxy) is 1. The molecule has 0 radical (unpaired) electrons. The summed E-state index contributed by atoms with van der Waals surface area (Å²) >= 11 is 3.33. The number of rotatable bonds is 3. The first-order valence-electron chi connectivity index (χ1n) is 5.25. The van der Waals surface area contributed by atoms with Crippen LogP contribution in [-0.4, -0.2) is 0 Å². The average Bonchev–Trinajstić information content (AvgIpc) is 2.41. The quantitative estimate of drug-likeness (QED) is 0.788. The van der Waals surface area contributed by atoms with E-state index in [0.717, 1.165) is 5.56 Å². The van der Waals surface area contributed by atoms with Gasteiger partial charge in [0.1, 0.15) is 23.4 Å². The maximum atomic E-state index is 12.8. The predicted molar refractivity (Wildman–Crippen MR) is 70.3 cm³/mol. The highest BCUT2D eigenvalue weighted by Crippen LogP contribution is 2.26. The second-order valence-electron chi connectivity index (χ2n) is 3.63. The van der Waals surface area contributed by atoms with Crippen LogP contribution in [0.4, 0.5) is 4.39 Å². The van der Waals surface area contributed by atoms with Crippen LogP contribution in [0.1, 0.15) is 11.1 Å². The molecule has 0 atom stereocenters. The van der Waals surface area contributed by atoms with Crippen molar-refractivity contribution < 1.29 is 9.13 Å². The summed E-state index contributed by atoms with van der Waals surface area (Å²) in [5, 5.41) is 9.73. The van der Waals surface area contributed by atoms with Crippen LogP contribution in [0.15, 0.2) is 42.5 Å². The molecule has 90 valence electrons. The molecule has 0 aliphatic heterocycles. The second kappa shape index (κ2) is 5.65. The summed E-state index contributed by atoms with van der Waals surface area (Å²) in [6.45, 7) is 0. The fourth-order valence-electron chi connectivity index (χ4n) is 1.47. The van der Waals surface area contributed by atoms with Gasteiger partial charge in [0.2, 0.25) is 0 Å². The van der Waals surface area contributed by atoms with Crippen LogP contribution in [0, 0.1) is 17.1 Å². The van der Waals surface area contributed by atoms with E-state index in [1.807, 2.05) is 6.07 Å². The van der Waals surface area contributed by atoms with Crippen LogP contribution in [0.5, 0.6) is 11.5 Å². The van der Waals surface area contributed by atoms with Gasteiger partial charge in [0.25, 0.3) is 0 Å². The Morgan fingerprint density at radius 3 is 2.50 bits per heavy atom. The Morgan fingerprint density at radius 1 is 1.17 bits per heavy atom. The van der Waals surface area contributed by atoms with Gasteiger partial charge < -0.3 is 4.74 Å².